The summed E-state index contributed by atoms with van der Waals surface area (Å²) >= 11 is 0. The molecule has 23 heteroatoms. The van der Waals surface area contributed by atoms with E-state index < -0.39 is 156 Å². The van der Waals surface area contributed by atoms with Crippen LogP contribution in [0.2, 0.25) is 0 Å². The van der Waals surface area contributed by atoms with Crippen LogP contribution in [0.4, 0.5) is 0 Å². The van der Waals surface area contributed by atoms with Crippen LogP contribution in [0.5, 0.6) is 0 Å². The van der Waals surface area contributed by atoms with Gasteiger partial charge in [-0.3, -0.25) is 52.7 Å². The number of amides is 11. The molecular formula is C58H103N11O12. The normalized spacial score (nSPS) is 26.6. The maximum absolute atomic E-state index is 15.1. The van der Waals surface area contributed by atoms with E-state index in [0.29, 0.717) is 6.42 Å². The molecule has 462 valence electrons. The van der Waals surface area contributed by atoms with E-state index in [2.05, 4.69) is 21.3 Å². The molecule has 11 atom stereocenters. The summed E-state index contributed by atoms with van der Waals surface area (Å²) in [5, 5.41) is 22.7. The number of nitrogens with zero attached hydrogens (tertiary/aromatic N) is 7. The number of aliphatic hydroxyl groups is 1. The monoisotopic (exact) mass is 1150 g/mol. The Morgan fingerprint density at radius 3 is 1.43 bits per heavy atom. The number of hydrogen-bond donors (Lipinski definition) is 5. The summed E-state index contributed by atoms with van der Waals surface area (Å²) in [4.78, 5) is 166. The van der Waals surface area contributed by atoms with Crippen molar-refractivity contribution < 1.29 is 57.8 Å². The van der Waals surface area contributed by atoms with Crippen molar-refractivity contribution in [3.8, 4) is 0 Å². The fourth-order valence-electron chi connectivity index (χ4n) is 9.93. The summed E-state index contributed by atoms with van der Waals surface area (Å²) in [6.45, 7) is 24.9. The zero-order valence-corrected chi connectivity index (χ0v) is 52.9. The Labute approximate surface area is 483 Å². The van der Waals surface area contributed by atoms with Gasteiger partial charge in [0.2, 0.25) is 65.0 Å². The van der Waals surface area contributed by atoms with E-state index in [0.717, 1.165) is 14.7 Å². The first-order valence-corrected chi connectivity index (χ1v) is 28.7. The standard InChI is InChI=1S/C58H103N11O12/c1-23-25-26-37(13)49(72)48-52(75)61-40(24-2)54(77)64(17)31-45(71)65(18)41(27-32(3)4)51(74)62-46(35(9)10)57(80)63(16)30-44(70)59-38(14)50(73)60-39(15)53(76)66(19)42(28-33(5)6)55(78)67(20)43(29-34(7)8)56(79)68(21)47(36(11)12)58(81)69(48)22/h23,25,32-43,46-49,72H,24,26-31H2,1-22H3,(H,59,70)(H,60,73)(H,61,75)(H,62,74)/b25-23+/t37-,38+,39-,40+,41+,42-,43-,46-,47-,48+,49+/m1/s1. The third-order valence-corrected chi connectivity index (χ3v) is 15.0. The fraction of sp³-hybridized carbons (Fsp3) is 0.776. The molecule has 0 saturated carbocycles. The highest BCUT2D eigenvalue weighted by molar-refractivity contribution is 5.99. The molecule has 0 bridgehead atoms. The molecule has 1 saturated heterocycles. The number of carbonyl (C=O) groups excluding carboxylic acids is 11. The maximum Gasteiger partial charge on any atom is 0.246 e. The average Bonchev–Trinajstić information content (AvgIpc) is 3.39. The highest BCUT2D eigenvalue weighted by atomic mass is 16.3. The molecule has 0 aromatic rings. The Kier molecular flexibility index (Phi) is 29.8. The van der Waals surface area contributed by atoms with E-state index in [4.69, 9.17) is 0 Å². The van der Waals surface area contributed by atoms with E-state index in [1.165, 1.54) is 82.8 Å². The molecule has 0 radical (unpaired) electrons. The average molecular weight is 1150 g/mol. The summed E-state index contributed by atoms with van der Waals surface area (Å²) in [5.74, 6) is -9.63. The number of allylic oxidation sites excluding steroid dienone is 2. The van der Waals surface area contributed by atoms with E-state index in [1.54, 1.807) is 60.6 Å². The van der Waals surface area contributed by atoms with Crippen molar-refractivity contribution in [2.75, 3.05) is 62.4 Å². The molecule has 23 nitrogen and oxygen atoms in total. The Morgan fingerprint density at radius 1 is 0.494 bits per heavy atom. The molecule has 1 heterocycles. The molecular weight excluding hydrogens is 1040 g/mol. The minimum Gasteiger partial charge on any atom is -0.390 e. The fourth-order valence-corrected chi connectivity index (χ4v) is 9.93. The Balaban J connectivity index is 4.20. The minimum absolute atomic E-state index is 0.0248. The second-order valence-corrected chi connectivity index (χ2v) is 24.3. The molecule has 0 aromatic carbocycles. The number of likely N-dealkylation sites (N-methyl/N-ethyl adjacent to an activating group) is 7. The summed E-state index contributed by atoms with van der Waals surface area (Å²) in [6, 6.07) is -11.1. The van der Waals surface area contributed by atoms with Gasteiger partial charge >= 0.3 is 0 Å². The van der Waals surface area contributed by atoms with Crippen molar-refractivity contribution >= 4 is 65.0 Å². The second-order valence-electron chi connectivity index (χ2n) is 24.3. The lowest BCUT2D eigenvalue weighted by atomic mass is 9.91. The Morgan fingerprint density at radius 2 is 0.963 bits per heavy atom. The van der Waals surface area contributed by atoms with E-state index >= 15 is 9.59 Å². The molecule has 0 aliphatic carbocycles. The molecule has 1 aliphatic heterocycles. The number of nitrogens with one attached hydrogen (secondary N) is 4. The van der Waals surface area contributed by atoms with Gasteiger partial charge in [-0.25, -0.2) is 0 Å². The van der Waals surface area contributed by atoms with Crippen molar-refractivity contribution in [3.63, 3.8) is 0 Å². The number of carbonyl (C=O) groups is 11. The molecule has 1 fully saturated rings. The molecule has 0 unspecified atom stereocenters. The first-order valence-electron chi connectivity index (χ1n) is 28.7. The van der Waals surface area contributed by atoms with Gasteiger partial charge in [0.25, 0.3) is 0 Å². The van der Waals surface area contributed by atoms with Gasteiger partial charge in [-0.2, -0.15) is 0 Å². The number of aliphatic hydroxyl groups excluding tert-OH is 1. The lowest BCUT2D eigenvalue weighted by Gasteiger charge is -2.41. The molecule has 0 spiro atoms. The van der Waals surface area contributed by atoms with Crippen LogP contribution in [0.25, 0.3) is 0 Å². The van der Waals surface area contributed by atoms with Gasteiger partial charge in [0.1, 0.15) is 54.4 Å². The van der Waals surface area contributed by atoms with Gasteiger partial charge in [0.15, 0.2) is 0 Å². The van der Waals surface area contributed by atoms with E-state index in [9.17, 15) is 48.3 Å². The summed E-state index contributed by atoms with van der Waals surface area (Å²) in [6.07, 6.45) is 2.89. The molecule has 1 aliphatic rings. The lowest BCUT2D eigenvalue weighted by molar-refractivity contribution is -0.157. The Hall–Kier alpha value is -6.13. The largest absolute Gasteiger partial charge is 0.390 e. The van der Waals surface area contributed by atoms with Crippen molar-refractivity contribution in [2.24, 2.45) is 35.5 Å². The smallest absolute Gasteiger partial charge is 0.246 e. The minimum atomic E-state index is -1.61. The second kappa shape index (κ2) is 33.1. The van der Waals surface area contributed by atoms with Crippen LogP contribution >= 0.6 is 0 Å². The molecule has 11 amide bonds. The van der Waals surface area contributed by atoms with Crippen molar-refractivity contribution in [1.82, 2.24) is 55.6 Å². The first-order chi connectivity index (χ1) is 37.4. The molecule has 81 heavy (non-hydrogen) atoms. The first kappa shape index (κ1) is 72.9. The summed E-state index contributed by atoms with van der Waals surface area (Å²) in [7, 11) is 9.79. The van der Waals surface area contributed by atoms with Crippen LogP contribution in [0.1, 0.15) is 136 Å². The quantitative estimate of drug-likeness (QED) is 0.165. The van der Waals surface area contributed by atoms with E-state index in [-0.39, 0.29) is 43.4 Å². The topological polar surface area (TPSA) is 279 Å². The molecule has 0 aromatic heterocycles. The highest BCUT2D eigenvalue weighted by Crippen LogP contribution is 2.25. The molecule has 5 N–H and O–H groups in total. The maximum atomic E-state index is 15.1. The van der Waals surface area contributed by atoms with Crippen LogP contribution in [0.3, 0.4) is 0 Å². The summed E-state index contributed by atoms with van der Waals surface area (Å²) < 4.78 is 0. The number of rotatable bonds is 13. The SMILES string of the molecule is C/C=C/C[C@@H](C)[C@H](O)[C@H]1C(=O)N[C@@H](CC)C(=O)N(C)CC(=O)N(C)[C@@H](CC(C)C)C(=O)N[C@H](C(C)C)C(=O)N(C)CC(=O)N[C@@H](C)C(=O)N[C@H](C)C(=O)N(C)[C@H](CC(C)C)C(=O)N(C)[C@H](CC(C)C)C(=O)N(C)[C@H](C(C)C)C(=O)N1C. The van der Waals surface area contributed by atoms with Crippen LogP contribution in [-0.2, 0) is 52.7 Å². The third-order valence-electron chi connectivity index (χ3n) is 15.0. The van der Waals surface area contributed by atoms with Crippen molar-refractivity contribution in [1.29, 1.82) is 0 Å². The van der Waals surface area contributed by atoms with Gasteiger partial charge in [0, 0.05) is 49.3 Å². The van der Waals surface area contributed by atoms with E-state index in [1.807, 2.05) is 41.5 Å². The number of hydrogen-bond acceptors (Lipinski definition) is 12. The lowest BCUT2D eigenvalue weighted by Crippen LogP contribution is -2.63. The summed E-state index contributed by atoms with van der Waals surface area (Å²) in [5.41, 5.74) is 0. The van der Waals surface area contributed by atoms with Crippen LogP contribution in [-0.4, -0.2) is 227 Å². The third kappa shape index (κ3) is 20.7. The van der Waals surface area contributed by atoms with Gasteiger partial charge in [0.05, 0.1) is 19.2 Å². The molecule has 1 rings (SSSR count). The van der Waals surface area contributed by atoms with Crippen molar-refractivity contribution in [2.45, 2.75) is 196 Å². The predicted octanol–water partition coefficient (Wildman–Crippen LogP) is 1.85. The van der Waals surface area contributed by atoms with Crippen LogP contribution in [0.15, 0.2) is 12.2 Å². The van der Waals surface area contributed by atoms with Crippen molar-refractivity contribution in [3.05, 3.63) is 12.2 Å². The van der Waals surface area contributed by atoms with Gasteiger partial charge in [-0.15, -0.1) is 0 Å². The predicted molar refractivity (Wildman–Crippen MR) is 310 cm³/mol. The van der Waals surface area contributed by atoms with Crippen LogP contribution in [0, 0.1) is 35.5 Å². The zero-order valence-electron chi connectivity index (χ0n) is 52.9. The van der Waals surface area contributed by atoms with Gasteiger partial charge in [-0.05, 0) is 88.4 Å². The highest BCUT2D eigenvalue weighted by Gasteiger charge is 2.45. The Bertz CT molecular complexity index is 2220. The van der Waals surface area contributed by atoms with Gasteiger partial charge < -0.3 is 60.7 Å². The zero-order chi connectivity index (χ0) is 62.8. The van der Waals surface area contributed by atoms with Crippen LogP contribution < -0.4 is 21.3 Å². The van der Waals surface area contributed by atoms with Gasteiger partial charge in [-0.1, -0.05) is 95.2 Å².